The fourth-order valence-electron chi connectivity index (χ4n) is 2.03. The number of ether oxygens (including phenoxy) is 1. The molecule has 1 atom stereocenters. The molecule has 0 fully saturated rings. The maximum absolute atomic E-state index is 5.65. The topological polar surface area (TPSA) is 21.3 Å². The van der Waals surface area contributed by atoms with Gasteiger partial charge < -0.3 is 10.1 Å². The lowest BCUT2D eigenvalue weighted by atomic mass is 10.1. The summed E-state index contributed by atoms with van der Waals surface area (Å²) in [6.07, 6.45) is 4.74. The van der Waals surface area contributed by atoms with E-state index < -0.39 is 0 Å². The molecule has 0 heterocycles. The molecule has 0 aliphatic carbocycles. The highest BCUT2D eigenvalue weighted by molar-refractivity contribution is 5.28. The molecule has 0 radical (unpaired) electrons. The molecule has 0 spiro atoms. The van der Waals surface area contributed by atoms with Crippen molar-refractivity contribution in [3.05, 3.63) is 29.8 Å². The van der Waals surface area contributed by atoms with Gasteiger partial charge in [0.1, 0.15) is 5.75 Å². The number of benzene rings is 1. The number of nitrogens with one attached hydrogen (secondary N) is 1. The van der Waals surface area contributed by atoms with E-state index in [1.165, 1.54) is 24.8 Å². The maximum atomic E-state index is 5.65. The summed E-state index contributed by atoms with van der Waals surface area (Å²) in [6.45, 7) is 8.34. The van der Waals surface area contributed by atoms with Gasteiger partial charge in [-0.05, 0) is 37.0 Å². The predicted octanol–water partition coefficient (Wildman–Crippen LogP) is 4.14. The second-order valence-electron chi connectivity index (χ2n) is 4.77. The lowest BCUT2D eigenvalue weighted by Gasteiger charge is -2.16. The van der Waals surface area contributed by atoms with Gasteiger partial charge in [-0.15, -0.1) is 0 Å². The Morgan fingerprint density at radius 2 is 2.00 bits per heavy atom. The van der Waals surface area contributed by atoms with E-state index in [1.807, 2.05) is 6.07 Å². The van der Waals surface area contributed by atoms with Crippen molar-refractivity contribution in [3.8, 4) is 5.75 Å². The number of hydrogen-bond acceptors (Lipinski definition) is 2. The van der Waals surface area contributed by atoms with E-state index in [2.05, 4.69) is 44.3 Å². The van der Waals surface area contributed by atoms with Crippen LogP contribution in [0.2, 0.25) is 0 Å². The third-order valence-electron chi connectivity index (χ3n) is 3.10. The molecular formula is C16H27NO. The molecule has 0 amide bonds. The van der Waals surface area contributed by atoms with Crippen LogP contribution >= 0.6 is 0 Å². The highest BCUT2D eigenvalue weighted by Crippen LogP contribution is 2.14. The smallest absolute Gasteiger partial charge is 0.119 e. The highest BCUT2D eigenvalue weighted by Gasteiger charge is 2.04. The van der Waals surface area contributed by atoms with Crippen molar-refractivity contribution in [3.63, 3.8) is 0 Å². The zero-order chi connectivity index (χ0) is 13.2. The Balaban J connectivity index is 2.45. The fourth-order valence-corrected chi connectivity index (χ4v) is 2.03. The van der Waals surface area contributed by atoms with Crippen molar-refractivity contribution < 1.29 is 4.74 Å². The van der Waals surface area contributed by atoms with E-state index in [-0.39, 0.29) is 0 Å². The van der Waals surface area contributed by atoms with Gasteiger partial charge in [-0.25, -0.2) is 0 Å². The van der Waals surface area contributed by atoms with Crippen molar-refractivity contribution >= 4 is 0 Å². The third kappa shape index (κ3) is 5.54. The van der Waals surface area contributed by atoms with E-state index >= 15 is 0 Å². The second-order valence-corrected chi connectivity index (χ2v) is 4.77. The van der Waals surface area contributed by atoms with Crippen LogP contribution in [0.5, 0.6) is 5.75 Å². The molecule has 1 aromatic rings. The quantitative estimate of drug-likeness (QED) is 0.710. The lowest BCUT2D eigenvalue weighted by Crippen LogP contribution is -2.27. The second kappa shape index (κ2) is 8.98. The monoisotopic (exact) mass is 249 g/mol. The molecule has 0 saturated heterocycles. The van der Waals surface area contributed by atoms with Crippen molar-refractivity contribution in [1.29, 1.82) is 0 Å². The summed E-state index contributed by atoms with van der Waals surface area (Å²) in [5, 5.41) is 3.61. The Hall–Kier alpha value is -1.02. The van der Waals surface area contributed by atoms with Gasteiger partial charge in [0, 0.05) is 12.6 Å². The highest BCUT2D eigenvalue weighted by atomic mass is 16.5. The molecule has 2 heteroatoms. The first-order valence-electron chi connectivity index (χ1n) is 7.25. The summed E-state index contributed by atoms with van der Waals surface area (Å²) in [5.41, 5.74) is 1.30. The summed E-state index contributed by atoms with van der Waals surface area (Å²) >= 11 is 0. The molecule has 1 unspecified atom stereocenters. The first-order valence-corrected chi connectivity index (χ1v) is 7.25. The van der Waals surface area contributed by atoms with Gasteiger partial charge in [0.2, 0.25) is 0 Å². The van der Waals surface area contributed by atoms with Gasteiger partial charge in [-0.3, -0.25) is 0 Å². The SMILES string of the molecule is CCCOc1cccc(CNC(CC)CCC)c1. The van der Waals surface area contributed by atoms with E-state index in [0.29, 0.717) is 6.04 Å². The van der Waals surface area contributed by atoms with Crippen LogP contribution in [0.1, 0.15) is 52.0 Å². The van der Waals surface area contributed by atoms with Crippen molar-refractivity contribution in [2.24, 2.45) is 0 Å². The minimum Gasteiger partial charge on any atom is -0.494 e. The molecule has 0 bridgehead atoms. The first-order chi connectivity index (χ1) is 8.80. The van der Waals surface area contributed by atoms with Crippen LogP contribution in [-0.2, 0) is 6.54 Å². The number of hydrogen-bond donors (Lipinski definition) is 1. The molecule has 0 aromatic heterocycles. The average Bonchev–Trinajstić information content (AvgIpc) is 2.41. The molecule has 0 aliphatic rings. The summed E-state index contributed by atoms with van der Waals surface area (Å²) in [5.74, 6) is 0.986. The van der Waals surface area contributed by atoms with Gasteiger partial charge in [-0.2, -0.15) is 0 Å². The zero-order valence-electron chi connectivity index (χ0n) is 12.0. The minimum absolute atomic E-state index is 0.634. The van der Waals surface area contributed by atoms with Crippen LogP contribution in [0.3, 0.4) is 0 Å². The molecule has 18 heavy (non-hydrogen) atoms. The minimum atomic E-state index is 0.634. The van der Waals surface area contributed by atoms with E-state index in [4.69, 9.17) is 4.74 Å². The molecule has 0 aliphatic heterocycles. The van der Waals surface area contributed by atoms with Crippen molar-refractivity contribution in [2.75, 3.05) is 6.61 Å². The summed E-state index contributed by atoms with van der Waals surface area (Å²) < 4.78 is 5.65. The van der Waals surface area contributed by atoms with Crippen LogP contribution in [0.25, 0.3) is 0 Å². The lowest BCUT2D eigenvalue weighted by molar-refractivity contribution is 0.317. The molecular weight excluding hydrogens is 222 g/mol. The normalized spacial score (nSPS) is 12.4. The zero-order valence-corrected chi connectivity index (χ0v) is 12.0. The van der Waals surface area contributed by atoms with E-state index in [1.54, 1.807) is 0 Å². The van der Waals surface area contributed by atoms with Crippen LogP contribution < -0.4 is 10.1 Å². The van der Waals surface area contributed by atoms with Crippen LogP contribution in [-0.4, -0.2) is 12.6 Å². The van der Waals surface area contributed by atoms with E-state index in [0.717, 1.165) is 25.3 Å². The Morgan fingerprint density at radius 1 is 1.17 bits per heavy atom. The molecule has 0 saturated carbocycles. The Morgan fingerprint density at radius 3 is 2.67 bits per heavy atom. The molecule has 1 rings (SSSR count). The Bertz CT molecular complexity index is 325. The molecule has 2 nitrogen and oxygen atoms in total. The maximum Gasteiger partial charge on any atom is 0.119 e. The van der Waals surface area contributed by atoms with Crippen LogP contribution in [0, 0.1) is 0 Å². The fraction of sp³-hybridized carbons (Fsp3) is 0.625. The Kier molecular flexibility index (Phi) is 7.51. The Labute approximate surface area is 112 Å². The third-order valence-corrected chi connectivity index (χ3v) is 3.10. The van der Waals surface area contributed by atoms with Gasteiger partial charge in [-0.1, -0.05) is 39.3 Å². The van der Waals surface area contributed by atoms with Gasteiger partial charge in [0.15, 0.2) is 0 Å². The molecule has 1 aromatic carbocycles. The van der Waals surface area contributed by atoms with E-state index in [9.17, 15) is 0 Å². The van der Waals surface area contributed by atoms with Crippen molar-refractivity contribution in [2.45, 2.75) is 59.0 Å². The predicted molar refractivity (Wildman–Crippen MR) is 78.1 cm³/mol. The number of rotatable bonds is 9. The summed E-state index contributed by atoms with van der Waals surface area (Å²) in [6, 6.07) is 9.03. The van der Waals surface area contributed by atoms with Gasteiger partial charge >= 0.3 is 0 Å². The average molecular weight is 249 g/mol. The van der Waals surface area contributed by atoms with Gasteiger partial charge in [0.25, 0.3) is 0 Å². The standard InChI is InChI=1S/C16H27NO/c1-4-8-15(6-3)17-13-14-9-7-10-16(12-14)18-11-5-2/h7,9-10,12,15,17H,4-6,8,11,13H2,1-3H3. The largest absolute Gasteiger partial charge is 0.494 e. The summed E-state index contributed by atoms with van der Waals surface area (Å²) in [7, 11) is 0. The molecule has 102 valence electrons. The van der Waals surface area contributed by atoms with Crippen LogP contribution in [0.15, 0.2) is 24.3 Å². The van der Waals surface area contributed by atoms with Gasteiger partial charge in [0.05, 0.1) is 6.61 Å². The summed E-state index contributed by atoms with van der Waals surface area (Å²) in [4.78, 5) is 0. The first kappa shape index (κ1) is 15.0. The molecule has 1 N–H and O–H groups in total. The van der Waals surface area contributed by atoms with Crippen molar-refractivity contribution in [1.82, 2.24) is 5.32 Å². The van der Waals surface area contributed by atoms with Crippen LogP contribution in [0.4, 0.5) is 0 Å².